The fraction of sp³-hybridized carbons (Fsp3) is 0.625. The Labute approximate surface area is 127 Å². The number of anilines is 1. The molecule has 1 atom stereocenters. The molecule has 0 saturated carbocycles. The van der Waals surface area contributed by atoms with Crippen LogP contribution in [-0.2, 0) is 16.4 Å². The minimum absolute atomic E-state index is 0.452. The van der Waals surface area contributed by atoms with Crippen molar-refractivity contribution < 1.29 is 8.42 Å². The fourth-order valence-electron chi connectivity index (χ4n) is 3.46. The first kappa shape index (κ1) is 14.9. The number of hydrogen-bond donors (Lipinski definition) is 1. The van der Waals surface area contributed by atoms with Crippen molar-refractivity contribution in [2.45, 2.75) is 44.4 Å². The number of benzene rings is 1. The smallest absolute Gasteiger partial charge is 0.243 e. The van der Waals surface area contributed by atoms with Gasteiger partial charge in [0.1, 0.15) is 0 Å². The van der Waals surface area contributed by atoms with Gasteiger partial charge in [-0.1, -0.05) is 13.0 Å². The Morgan fingerprint density at radius 1 is 1.29 bits per heavy atom. The third-order valence-electron chi connectivity index (χ3n) is 4.62. The van der Waals surface area contributed by atoms with Crippen LogP contribution in [0.15, 0.2) is 17.0 Å². The van der Waals surface area contributed by atoms with Gasteiger partial charge in [0.2, 0.25) is 10.0 Å². The van der Waals surface area contributed by atoms with E-state index in [1.807, 2.05) is 13.0 Å². The van der Waals surface area contributed by atoms with E-state index >= 15 is 0 Å². The molecule has 0 aliphatic carbocycles. The summed E-state index contributed by atoms with van der Waals surface area (Å²) in [6.07, 6.45) is 3.93. The van der Waals surface area contributed by atoms with Crippen LogP contribution in [0.25, 0.3) is 0 Å². The van der Waals surface area contributed by atoms with Crippen molar-refractivity contribution >= 4 is 15.7 Å². The second-order valence-electron chi connectivity index (χ2n) is 6.37. The largest absolute Gasteiger partial charge is 0.385 e. The molecule has 0 aromatic heterocycles. The van der Waals surface area contributed by atoms with Crippen LogP contribution in [0.1, 0.15) is 37.3 Å². The molecule has 2 heterocycles. The van der Waals surface area contributed by atoms with Gasteiger partial charge in [0.15, 0.2) is 0 Å². The lowest BCUT2D eigenvalue weighted by molar-refractivity contribution is 0.281. The van der Waals surface area contributed by atoms with Gasteiger partial charge in [0.05, 0.1) is 4.90 Å². The third-order valence-corrected chi connectivity index (χ3v) is 6.57. The standard InChI is InChI=1S/C16H24N2O2S/c1-12-5-4-10-18(11-12)21(19,20)15-8-7-13(2)16-14(15)6-3-9-17-16/h7-8,12,17H,3-6,9-11H2,1-2H3. The first-order valence-corrected chi connectivity index (χ1v) is 9.30. The van der Waals surface area contributed by atoms with E-state index in [1.54, 1.807) is 10.4 Å². The summed E-state index contributed by atoms with van der Waals surface area (Å²) in [5, 5.41) is 3.37. The van der Waals surface area contributed by atoms with Gasteiger partial charge in [-0.25, -0.2) is 8.42 Å². The molecule has 1 fully saturated rings. The monoisotopic (exact) mass is 308 g/mol. The zero-order valence-corrected chi connectivity index (χ0v) is 13.7. The van der Waals surface area contributed by atoms with Crippen molar-refractivity contribution in [2.24, 2.45) is 5.92 Å². The van der Waals surface area contributed by atoms with Crippen LogP contribution in [0.3, 0.4) is 0 Å². The highest BCUT2D eigenvalue weighted by Crippen LogP contribution is 2.34. The maximum absolute atomic E-state index is 13.0. The molecule has 116 valence electrons. The van der Waals surface area contributed by atoms with Crippen LogP contribution in [-0.4, -0.2) is 32.4 Å². The Balaban J connectivity index is 2.03. The number of rotatable bonds is 2. The van der Waals surface area contributed by atoms with Gasteiger partial charge >= 0.3 is 0 Å². The lowest BCUT2D eigenvalue weighted by atomic mass is 10.00. The zero-order chi connectivity index (χ0) is 15.0. The van der Waals surface area contributed by atoms with Gasteiger partial charge in [-0.3, -0.25) is 0 Å². The van der Waals surface area contributed by atoms with Gasteiger partial charge in [0, 0.05) is 25.3 Å². The average Bonchev–Trinajstić information content (AvgIpc) is 2.47. The lowest BCUT2D eigenvalue weighted by Crippen LogP contribution is -2.39. The number of nitrogens with one attached hydrogen (secondary N) is 1. The highest BCUT2D eigenvalue weighted by atomic mass is 32.2. The highest BCUT2D eigenvalue weighted by molar-refractivity contribution is 7.89. The Morgan fingerprint density at radius 2 is 2.10 bits per heavy atom. The minimum atomic E-state index is -3.36. The number of aryl methyl sites for hydroxylation is 1. The van der Waals surface area contributed by atoms with E-state index in [4.69, 9.17) is 0 Å². The van der Waals surface area contributed by atoms with Gasteiger partial charge in [-0.2, -0.15) is 4.31 Å². The summed E-state index contributed by atoms with van der Waals surface area (Å²) in [5.41, 5.74) is 3.16. The second kappa shape index (κ2) is 5.61. The maximum Gasteiger partial charge on any atom is 0.243 e. The highest BCUT2D eigenvalue weighted by Gasteiger charge is 2.31. The summed E-state index contributed by atoms with van der Waals surface area (Å²) in [6, 6.07) is 3.73. The van der Waals surface area contributed by atoms with Crippen LogP contribution >= 0.6 is 0 Å². The molecular weight excluding hydrogens is 284 g/mol. The summed E-state index contributed by atoms with van der Waals surface area (Å²) in [4.78, 5) is 0.518. The van der Waals surface area contributed by atoms with E-state index < -0.39 is 10.0 Å². The molecule has 2 aliphatic heterocycles. The second-order valence-corrected chi connectivity index (χ2v) is 8.28. The van der Waals surface area contributed by atoms with Crippen LogP contribution in [0, 0.1) is 12.8 Å². The number of piperidine rings is 1. The summed E-state index contributed by atoms with van der Waals surface area (Å²) >= 11 is 0. The summed E-state index contributed by atoms with van der Waals surface area (Å²) in [6.45, 7) is 6.41. The van der Waals surface area contributed by atoms with E-state index in [1.165, 1.54) is 0 Å². The lowest BCUT2D eigenvalue weighted by Gasteiger charge is -2.32. The molecule has 2 aliphatic rings. The molecule has 0 bridgehead atoms. The van der Waals surface area contributed by atoms with Crippen LogP contribution < -0.4 is 5.32 Å². The molecular formula is C16H24N2O2S. The normalized spacial score (nSPS) is 23.4. The van der Waals surface area contributed by atoms with Gasteiger partial charge in [-0.15, -0.1) is 0 Å². The molecule has 1 unspecified atom stereocenters. The van der Waals surface area contributed by atoms with Crippen molar-refractivity contribution in [3.63, 3.8) is 0 Å². The van der Waals surface area contributed by atoms with Crippen LogP contribution in [0.4, 0.5) is 5.69 Å². The molecule has 0 radical (unpaired) electrons. The number of hydrogen-bond acceptors (Lipinski definition) is 3. The van der Waals surface area contributed by atoms with Crippen LogP contribution in [0.2, 0.25) is 0 Å². The van der Waals surface area contributed by atoms with Crippen LogP contribution in [0.5, 0.6) is 0 Å². The summed E-state index contributed by atoms with van der Waals surface area (Å²) in [5.74, 6) is 0.452. The molecule has 5 heteroatoms. The summed E-state index contributed by atoms with van der Waals surface area (Å²) in [7, 11) is -3.36. The first-order chi connectivity index (χ1) is 10.00. The predicted octanol–water partition coefficient (Wildman–Crippen LogP) is 2.77. The Kier molecular flexibility index (Phi) is 3.97. The Bertz CT molecular complexity index is 640. The molecule has 1 aromatic carbocycles. The summed E-state index contributed by atoms with van der Waals surface area (Å²) < 4.78 is 27.7. The van der Waals surface area contributed by atoms with E-state index in [-0.39, 0.29) is 0 Å². The quantitative estimate of drug-likeness (QED) is 0.914. The van der Waals surface area contributed by atoms with Gasteiger partial charge < -0.3 is 5.32 Å². The molecule has 1 aromatic rings. The average molecular weight is 308 g/mol. The van der Waals surface area contributed by atoms with E-state index in [0.717, 1.165) is 49.0 Å². The molecule has 21 heavy (non-hydrogen) atoms. The van der Waals surface area contributed by atoms with Crippen molar-refractivity contribution in [3.8, 4) is 0 Å². The SMILES string of the molecule is Cc1ccc(S(=O)(=O)N2CCCC(C)C2)c2c1NCCC2. The van der Waals surface area contributed by atoms with Crippen molar-refractivity contribution in [3.05, 3.63) is 23.3 Å². The molecule has 0 amide bonds. The topological polar surface area (TPSA) is 49.4 Å². The van der Waals surface area contributed by atoms with Crippen molar-refractivity contribution in [1.29, 1.82) is 0 Å². The molecule has 3 rings (SSSR count). The van der Waals surface area contributed by atoms with E-state index in [9.17, 15) is 8.42 Å². The van der Waals surface area contributed by atoms with Gasteiger partial charge in [-0.05, 0) is 55.7 Å². The maximum atomic E-state index is 13.0. The molecule has 0 spiro atoms. The molecule has 1 saturated heterocycles. The number of sulfonamides is 1. The van der Waals surface area contributed by atoms with Crippen molar-refractivity contribution in [2.75, 3.05) is 25.0 Å². The van der Waals surface area contributed by atoms with E-state index in [0.29, 0.717) is 23.9 Å². The first-order valence-electron chi connectivity index (χ1n) is 7.86. The number of nitrogens with zero attached hydrogens (tertiary/aromatic N) is 1. The van der Waals surface area contributed by atoms with Crippen molar-refractivity contribution in [1.82, 2.24) is 4.31 Å². The molecule has 1 N–H and O–H groups in total. The fourth-order valence-corrected chi connectivity index (χ4v) is 5.32. The molecule has 4 nitrogen and oxygen atoms in total. The number of fused-ring (bicyclic) bond motifs is 1. The predicted molar refractivity (Wildman–Crippen MR) is 85.1 cm³/mol. The third kappa shape index (κ3) is 2.69. The van der Waals surface area contributed by atoms with Gasteiger partial charge in [0.25, 0.3) is 0 Å². The van der Waals surface area contributed by atoms with E-state index in [2.05, 4.69) is 12.2 Å². The zero-order valence-electron chi connectivity index (χ0n) is 12.9. The minimum Gasteiger partial charge on any atom is -0.385 e. The Morgan fingerprint density at radius 3 is 2.86 bits per heavy atom. The Hall–Kier alpha value is -1.07.